The van der Waals surface area contributed by atoms with Crippen LogP contribution in [0.5, 0.6) is 0 Å². The summed E-state index contributed by atoms with van der Waals surface area (Å²) in [6, 6.07) is 0. The maximum Gasteiger partial charge on any atom is 0.138 e. The van der Waals surface area contributed by atoms with Gasteiger partial charge in [0, 0.05) is 13.2 Å². The average Bonchev–Trinajstić information content (AvgIpc) is 1.99. The first-order valence-electron chi connectivity index (χ1n) is 2.84. The minimum absolute atomic E-state index is 0.764. The van der Waals surface area contributed by atoms with Crippen molar-refractivity contribution < 1.29 is 0 Å². The van der Waals surface area contributed by atoms with Gasteiger partial charge in [0.05, 0.1) is 0 Å². The van der Waals surface area contributed by atoms with Crippen LogP contribution in [0.25, 0.3) is 0 Å². The number of hydrogen-bond donors (Lipinski definition) is 0. The predicted molar refractivity (Wildman–Crippen MR) is 39.9 cm³/mol. The Kier molecular flexibility index (Phi) is 1.78. The van der Waals surface area contributed by atoms with Crippen LogP contribution in [0, 0.1) is 0 Å². The second-order valence-electron chi connectivity index (χ2n) is 1.93. The SMILES string of the molecule is [B]C1=CC=CC=CN1C. The van der Waals surface area contributed by atoms with Crippen molar-refractivity contribution in [2.75, 3.05) is 7.05 Å². The van der Waals surface area contributed by atoms with Crippen molar-refractivity contribution in [1.29, 1.82) is 0 Å². The van der Waals surface area contributed by atoms with Gasteiger partial charge in [-0.05, 0) is 11.7 Å². The molecule has 0 atom stereocenters. The molecule has 1 aliphatic heterocycles. The molecule has 0 amide bonds. The van der Waals surface area contributed by atoms with E-state index in [1.54, 1.807) is 0 Å². The van der Waals surface area contributed by atoms with Crippen molar-refractivity contribution in [3.63, 3.8) is 0 Å². The Labute approximate surface area is 56.8 Å². The average molecular weight is 117 g/mol. The zero-order chi connectivity index (χ0) is 6.69. The molecule has 0 spiro atoms. The summed E-state index contributed by atoms with van der Waals surface area (Å²) >= 11 is 0. The van der Waals surface area contributed by atoms with E-state index in [1.165, 1.54) is 0 Å². The first kappa shape index (κ1) is 6.21. The van der Waals surface area contributed by atoms with Crippen LogP contribution in [0.15, 0.2) is 36.1 Å². The van der Waals surface area contributed by atoms with Gasteiger partial charge >= 0.3 is 0 Å². The Morgan fingerprint density at radius 2 is 2.11 bits per heavy atom. The van der Waals surface area contributed by atoms with Crippen LogP contribution >= 0.6 is 0 Å². The second-order valence-corrected chi connectivity index (χ2v) is 1.93. The van der Waals surface area contributed by atoms with Crippen molar-refractivity contribution in [2.24, 2.45) is 0 Å². The summed E-state index contributed by atoms with van der Waals surface area (Å²) in [5, 5.41) is 0. The number of allylic oxidation sites excluding steroid dienone is 4. The fourth-order valence-corrected chi connectivity index (χ4v) is 0.601. The molecule has 0 aliphatic carbocycles. The van der Waals surface area contributed by atoms with Gasteiger partial charge in [-0.1, -0.05) is 18.2 Å². The third-order valence-corrected chi connectivity index (χ3v) is 1.21. The van der Waals surface area contributed by atoms with E-state index in [2.05, 4.69) is 0 Å². The van der Waals surface area contributed by atoms with Gasteiger partial charge in [0.1, 0.15) is 7.85 Å². The summed E-state index contributed by atoms with van der Waals surface area (Å²) in [7, 11) is 7.47. The molecule has 0 N–H and O–H groups in total. The van der Waals surface area contributed by atoms with E-state index in [-0.39, 0.29) is 0 Å². The Morgan fingerprint density at radius 1 is 1.33 bits per heavy atom. The van der Waals surface area contributed by atoms with Crippen LogP contribution in [0.4, 0.5) is 0 Å². The summed E-state index contributed by atoms with van der Waals surface area (Å²) < 4.78 is 0. The Balaban J connectivity index is 2.80. The number of hydrogen-bond acceptors (Lipinski definition) is 1. The fourth-order valence-electron chi connectivity index (χ4n) is 0.601. The van der Waals surface area contributed by atoms with Gasteiger partial charge in [0.25, 0.3) is 0 Å². The van der Waals surface area contributed by atoms with Crippen LogP contribution in [0.2, 0.25) is 0 Å². The molecule has 1 nitrogen and oxygen atoms in total. The molecule has 0 saturated carbocycles. The monoisotopic (exact) mass is 117 g/mol. The normalized spacial score (nSPS) is 17.4. The van der Waals surface area contributed by atoms with Crippen LogP contribution in [-0.4, -0.2) is 19.8 Å². The molecule has 2 radical (unpaired) electrons. The van der Waals surface area contributed by atoms with Crippen molar-refractivity contribution in [3.05, 3.63) is 36.1 Å². The Bertz CT molecular complexity index is 179. The quantitative estimate of drug-likeness (QED) is 0.428. The lowest BCUT2D eigenvalue weighted by Crippen LogP contribution is -2.08. The molecule has 0 saturated heterocycles. The third-order valence-electron chi connectivity index (χ3n) is 1.21. The molecule has 1 rings (SSSR count). The lowest BCUT2D eigenvalue weighted by Gasteiger charge is -2.12. The minimum Gasteiger partial charge on any atom is -0.364 e. The van der Waals surface area contributed by atoms with Crippen molar-refractivity contribution >= 4 is 7.85 Å². The molecule has 0 bridgehead atoms. The van der Waals surface area contributed by atoms with Crippen molar-refractivity contribution in [2.45, 2.75) is 0 Å². The number of nitrogens with zero attached hydrogens (tertiary/aromatic N) is 1. The van der Waals surface area contributed by atoms with E-state index >= 15 is 0 Å². The van der Waals surface area contributed by atoms with E-state index in [0.29, 0.717) is 0 Å². The zero-order valence-corrected chi connectivity index (χ0v) is 5.41. The highest BCUT2D eigenvalue weighted by molar-refractivity contribution is 6.21. The molecule has 0 aromatic carbocycles. The van der Waals surface area contributed by atoms with Crippen molar-refractivity contribution in [1.82, 2.24) is 4.90 Å². The minimum atomic E-state index is 0.764. The van der Waals surface area contributed by atoms with E-state index in [0.717, 1.165) is 5.60 Å². The van der Waals surface area contributed by atoms with Crippen LogP contribution < -0.4 is 0 Å². The standard InChI is InChI=1S/C7H8BN/c1-9-6-4-2-3-5-7(9)8/h2-6H,1H3. The molecule has 0 aromatic heterocycles. The third kappa shape index (κ3) is 1.49. The van der Waals surface area contributed by atoms with Crippen LogP contribution in [-0.2, 0) is 0 Å². The highest BCUT2D eigenvalue weighted by Gasteiger charge is 1.91. The van der Waals surface area contributed by atoms with E-state index < -0.39 is 0 Å². The molecule has 9 heavy (non-hydrogen) atoms. The summed E-state index contributed by atoms with van der Waals surface area (Å²) in [6.07, 6.45) is 9.57. The largest absolute Gasteiger partial charge is 0.364 e. The summed E-state index contributed by atoms with van der Waals surface area (Å²) in [6.45, 7) is 0. The van der Waals surface area contributed by atoms with Crippen LogP contribution in [0.1, 0.15) is 0 Å². The van der Waals surface area contributed by atoms with Gasteiger partial charge in [-0.2, -0.15) is 0 Å². The van der Waals surface area contributed by atoms with Gasteiger partial charge < -0.3 is 4.90 Å². The molecule has 44 valence electrons. The van der Waals surface area contributed by atoms with Gasteiger partial charge in [-0.25, -0.2) is 0 Å². The maximum absolute atomic E-state index is 5.56. The zero-order valence-electron chi connectivity index (χ0n) is 5.41. The molecule has 1 aliphatic rings. The predicted octanol–water partition coefficient (Wildman–Crippen LogP) is 1.01. The van der Waals surface area contributed by atoms with Crippen LogP contribution in [0.3, 0.4) is 0 Å². The molecule has 2 heteroatoms. The van der Waals surface area contributed by atoms with Crippen molar-refractivity contribution in [3.8, 4) is 0 Å². The van der Waals surface area contributed by atoms with E-state index in [9.17, 15) is 0 Å². The highest BCUT2D eigenvalue weighted by Crippen LogP contribution is 2.00. The lowest BCUT2D eigenvalue weighted by atomic mass is 10.0. The maximum atomic E-state index is 5.56. The van der Waals surface area contributed by atoms with Gasteiger partial charge in [0.2, 0.25) is 0 Å². The fraction of sp³-hybridized carbons (Fsp3) is 0.143. The Hall–Kier alpha value is -0.915. The molecule has 0 aromatic rings. The second kappa shape index (κ2) is 2.58. The van der Waals surface area contributed by atoms with Gasteiger partial charge in [-0.3, -0.25) is 0 Å². The molecule has 1 heterocycles. The molecular weight excluding hydrogens is 109 g/mol. The molecule has 0 unspecified atom stereocenters. The van der Waals surface area contributed by atoms with E-state index in [4.69, 9.17) is 7.85 Å². The lowest BCUT2D eigenvalue weighted by molar-refractivity contribution is 0.609. The Morgan fingerprint density at radius 3 is 2.89 bits per heavy atom. The molecular formula is C7H8BN. The first-order chi connectivity index (χ1) is 4.30. The van der Waals surface area contributed by atoms with E-state index in [1.807, 2.05) is 42.5 Å². The number of rotatable bonds is 0. The summed E-state index contributed by atoms with van der Waals surface area (Å²) in [5.41, 5.74) is 0.764. The molecule has 0 fully saturated rings. The topological polar surface area (TPSA) is 3.24 Å². The van der Waals surface area contributed by atoms with Gasteiger partial charge in [0.15, 0.2) is 0 Å². The summed E-state index contributed by atoms with van der Waals surface area (Å²) in [5.74, 6) is 0. The highest BCUT2D eigenvalue weighted by atomic mass is 15.1. The summed E-state index contributed by atoms with van der Waals surface area (Å²) in [4.78, 5) is 1.86. The smallest absolute Gasteiger partial charge is 0.138 e. The van der Waals surface area contributed by atoms with Gasteiger partial charge in [-0.15, -0.1) is 0 Å². The first-order valence-corrected chi connectivity index (χ1v) is 2.84.